The van der Waals surface area contributed by atoms with Crippen LogP contribution in [0.25, 0.3) is 0 Å². The number of ether oxygens (including phenoxy) is 2. The Morgan fingerprint density at radius 2 is 2.00 bits per heavy atom. The van der Waals surface area contributed by atoms with Crippen LogP contribution in [-0.2, 0) is 9.53 Å². The zero-order valence-electron chi connectivity index (χ0n) is 11.9. The van der Waals surface area contributed by atoms with Gasteiger partial charge in [-0.1, -0.05) is 12.7 Å². The topological polar surface area (TPSA) is 76.1 Å². The van der Waals surface area contributed by atoms with Gasteiger partial charge >= 0.3 is 5.97 Å². The van der Waals surface area contributed by atoms with Crippen LogP contribution in [0, 0.1) is 0 Å². The van der Waals surface area contributed by atoms with Gasteiger partial charge in [-0.05, 0) is 24.3 Å². The van der Waals surface area contributed by atoms with Crippen LogP contribution in [0.5, 0.6) is 5.75 Å². The number of hydrogen-bond donors (Lipinski definition) is 1. The molecule has 0 atom stereocenters. The van der Waals surface area contributed by atoms with Crippen molar-refractivity contribution in [3.8, 4) is 5.75 Å². The van der Waals surface area contributed by atoms with Gasteiger partial charge in [-0.25, -0.2) is 0 Å². The van der Waals surface area contributed by atoms with E-state index >= 15 is 0 Å². The molecule has 0 fully saturated rings. The Morgan fingerprint density at radius 1 is 1.33 bits per heavy atom. The summed E-state index contributed by atoms with van der Waals surface area (Å²) < 4.78 is 10.2. The molecule has 0 aliphatic rings. The third-order valence-corrected chi connectivity index (χ3v) is 2.65. The summed E-state index contributed by atoms with van der Waals surface area (Å²) >= 11 is 0. The van der Waals surface area contributed by atoms with E-state index in [1.165, 1.54) is 12.0 Å². The van der Waals surface area contributed by atoms with Gasteiger partial charge in [-0.3, -0.25) is 9.59 Å². The van der Waals surface area contributed by atoms with Crippen molar-refractivity contribution in [3.63, 3.8) is 0 Å². The molecule has 1 amide bonds. The number of nitrogens with zero attached hydrogens (tertiary/aromatic N) is 1. The molecular weight excluding hydrogens is 274 g/mol. The molecule has 0 heterocycles. The van der Waals surface area contributed by atoms with E-state index in [4.69, 9.17) is 14.6 Å². The van der Waals surface area contributed by atoms with Crippen LogP contribution in [0.1, 0.15) is 10.4 Å². The van der Waals surface area contributed by atoms with Crippen LogP contribution in [0.15, 0.2) is 36.9 Å². The predicted molar refractivity (Wildman–Crippen MR) is 77.5 cm³/mol. The average Bonchev–Trinajstić information content (AvgIpc) is 2.49. The lowest BCUT2D eigenvalue weighted by Crippen LogP contribution is -2.37. The first kappa shape index (κ1) is 16.7. The number of hydrogen-bond acceptors (Lipinski definition) is 4. The highest BCUT2D eigenvalue weighted by Crippen LogP contribution is 2.14. The maximum absolute atomic E-state index is 12.3. The molecule has 0 unspecified atom stereocenters. The molecule has 6 heteroatoms. The molecule has 1 aromatic rings. The number of carboxylic acids is 1. The molecule has 1 rings (SSSR count). The second kappa shape index (κ2) is 8.76. The fraction of sp³-hybridized carbons (Fsp3) is 0.333. The third kappa shape index (κ3) is 5.66. The maximum atomic E-state index is 12.3. The first-order valence-electron chi connectivity index (χ1n) is 6.42. The molecule has 0 bridgehead atoms. The Balaban J connectivity index is 2.77. The Labute approximate surface area is 123 Å². The lowest BCUT2D eigenvalue weighted by Gasteiger charge is -2.20. The lowest BCUT2D eigenvalue weighted by atomic mass is 10.2. The van der Waals surface area contributed by atoms with Crippen molar-refractivity contribution in [3.05, 3.63) is 42.5 Å². The van der Waals surface area contributed by atoms with Crippen molar-refractivity contribution in [1.29, 1.82) is 0 Å². The number of carbonyl (C=O) groups excluding carboxylic acids is 1. The molecule has 0 spiro atoms. The molecule has 0 radical (unpaired) electrons. The lowest BCUT2D eigenvalue weighted by molar-refractivity contribution is -0.137. The van der Waals surface area contributed by atoms with E-state index in [0.717, 1.165) is 0 Å². The van der Waals surface area contributed by atoms with Gasteiger partial charge in [0.1, 0.15) is 18.9 Å². The van der Waals surface area contributed by atoms with E-state index in [-0.39, 0.29) is 25.6 Å². The average molecular weight is 293 g/mol. The Bertz CT molecular complexity index is 483. The summed E-state index contributed by atoms with van der Waals surface area (Å²) in [6, 6.07) is 6.52. The summed E-state index contributed by atoms with van der Waals surface area (Å²) in [7, 11) is 1.50. The highest BCUT2D eigenvalue weighted by Gasteiger charge is 2.18. The Kier molecular flexibility index (Phi) is 6.97. The second-order valence-corrected chi connectivity index (χ2v) is 4.24. The molecule has 0 aliphatic carbocycles. The van der Waals surface area contributed by atoms with Crippen LogP contribution < -0.4 is 4.74 Å². The van der Waals surface area contributed by atoms with Gasteiger partial charge in [0.15, 0.2) is 0 Å². The molecule has 0 saturated heterocycles. The number of benzene rings is 1. The quantitative estimate of drug-likeness (QED) is 0.697. The highest BCUT2D eigenvalue weighted by molar-refractivity contribution is 5.95. The zero-order valence-corrected chi connectivity index (χ0v) is 11.9. The first-order valence-corrected chi connectivity index (χ1v) is 6.42. The molecule has 21 heavy (non-hydrogen) atoms. The Morgan fingerprint density at radius 3 is 2.52 bits per heavy atom. The van der Waals surface area contributed by atoms with Crippen LogP contribution in [0.2, 0.25) is 0 Å². The predicted octanol–water partition coefficient (Wildman–Crippen LogP) is 1.42. The molecule has 0 aliphatic heterocycles. The second-order valence-electron chi connectivity index (χ2n) is 4.24. The van der Waals surface area contributed by atoms with E-state index in [1.54, 1.807) is 30.3 Å². The van der Waals surface area contributed by atoms with Crippen molar-refractivity contribution in [2.45, 2.75) is 0 Å². The summed E-state index contributed by atoms with van der Waals surface area (Å²) in [5.74, 6) is -0.803. The van der Waals surface area contributed by atoms with E-state index in [2.05, 4.69) is 6.58 Å². The molecule has 6 nitrogen and oxygen atoms in total. The molecule has 0 aromatic heterocycles. The van der Waals surface area contributed by atoms with Gasteiger partial charge in [0.2, 0.25) is 0 Å². The molecule has 1 aromatic carbocycles. The van der Waals surface area contributed by atoms with E-state index in [1.807, 2.05) is 0 Å². The summed E-state index contributed by atoms with van der Waals surface area (Å²) in [5, 5.41) is 8.86. The monoisotopic (exact) mass is 293 g/mol. The number of rotatable bonds is 9. The summed E-state index contributed by atoms with van der Waals surface area (Å²) in [5.41, 5.74) is 0.401. The number of aliphatic carboxylic acids is 1. The van der Waals surface area contributed by atoms with Crippen molar-refractivity contribution in [2.75, 3.05) is 33.4 Å². The van der Waals surface area contributed by atoms with Crippen molar-refractivity contribution in [2.24, 2.45) is 0 Å². The molecular formula is C15H19NO5. The summed E-state index contributed by atoms with van der Waals surface area (Å²) in [6.07, 6.45) is 1.62. The minimum Gasteiger partial charge on any atom is -0.490 e. The summed E-state index contributed by atoms with van der Waals surface area (Å²) in [4.78, 5) is 24.3. The summed E-state index contributed by atoms with van der Waals surface area (Å²) in [6.45, 7) is 4.06. The van der Waals surface area contributed by atoms with E-state index in [9.17, 15) is 9.59 Å². The van der Waals surface area contributed by atoms with Gasteiger partial charge in [0, 0.05) is 19.2 Å². The highest BCUT2D eigenvalue weighted by atomic mass is 16.5. The van der Waals surface area contributed by atoms with Gasteiger partial charge < -0.3 is 19.5 Å². The molecule has 114 valence electrons. The van der Waals surface area contributed by atoms with Crippen molar-refractivity contribution in [1.82, 2.24) is 4.90 Å². The minimum absolute atomic E-state index is 0.219. The van der Waals surface area contributed by atoms with Gasteiger partial charge in [-0.2, -0.15) is 0 Å². The number of methoxy groups -OCH3 is 1. The third-order valence-electron chi connectivity index (χ3n) is 2.65. The van der Waals surface area contributed by atoms with Crippen molar-refractivity contribution < 1.29 is 24.2 Å². The van der Waals surface area contributed by atoms with Crippen LogP contribution in [0.3, 0.4) is 0 Å². The normalized spacial score (nSPS) is 9.95. The molecule has 1 N–H and O–H groups in total. The number of carbonyl (C=O) groups is 2. The van der Waals surface area contributed by atoms with Crippen LogP contribution >= 0.6 is 0 Å². The van der Waals surface area contributed by atoms with Gasteiger partial charge in [0.25, 0.3) is 5.91 Å². The zero-order chi connectivity index (χ0) is 15.7. The van der Waals surface area contributed by atoms with Crippen LogP contribution in [0.4, 0.5) is 0 Å². The fourth-order valence-electron chi connectivity index (χ4n) is 1.65. The number of carboxylic acid groups (broad SMARTS) is 1. The number of amides is 1. The smallest absolute Gasteiger partial charge is 0.323 e. The fourth-order valence-corrected chi connectivity index (χ4v) is 1.65. The van der Waals surface area contributed by atoms with Gasteiger partial charge in [-0.15, -0.1) is 0 Å². The van der Waals surface area contributed by atoms with Crippen LogP contribution in [-0.4, -0.2) is 55.3 Å². The largest absolute Gasteiger partial charge is 0.490 e. The first-order chi connectivity index (χ1) is 10.1. The standard InChI is InChI=1S/C15H19NO5/c1-3-9-21-13-6-4-12(5-7-13)15(19)16(8-10-20-2)11-14(17)18/h3-7H,1,8-11H2,2H3,(H,17,18). The SMILES string of the molecule is C=CCOc1ccc(C(=O)N(CCOC)CC(=O)O)cc1. The van der Waals surface area contributed by atoms with E-state index < -0.39 is 5.97 Å². The van der Waals surface area contributed by atoms with E-state index in [0.29, 0.717) is 17.9 Å². The Hall–Kier alpha value is -2.34. The van der Waals surface area contributed by atoms with Crippen molar-refractivity contribution >= 4 is 11.9 Å². The maximum Gasteiger partial charge on any atom is 0.323 e. The van der Waals surface area contributed by atoms with Gasteiger partial charge in [0.05, 0.1) is 6.61 Å². The molecule has 0 saturated carbocycles. The minimum atomic E-state index is -1.06.